The summed E-state index contributed by atoms with van der Waals surface area (Å²) in [6, 6.07) is 15.2. The highest BCUT2D eigenvalue weighted by atomic mass is 16.6. The Kier molecular flexibility index (Phi) is 6.23. The molecule has 4 atom stereocenters. The molecule has 8 nitrogen and oxygen atoms in total. The van der Waals surface area contributed by atoms with Gasteiger partial charge in [0.25, 0.3) is 5.91 Å². The molecule has 0 bridgehead atoms. The van der Waals surface area contributed by atoms with Gasteiger partial charge in [-0.05, 0) is 48.4 Å². The van der Waals surface area contributed by atoms with E-state index in [1.165, 1.54) is 0 Å². The van der Waals surface area contributed by atoms with Gasteiger partial charge in [0.2, 0.25) is 0 Å². The van der Waals surface area contributed by atoms with Crippen molar-refractivity contribution in [3.63, 3.8) is 0 Å². The number of carbonyl (C=O) groups is 3. The Labute approximate surface area is 204 Å². The number of hydrogen-bond donors (Lipinski definition) is 3. The quantitative estimate of drug-likeness (QED) is 0.586. The Bertz CT molecular complexity index is 1100. The Morgan fingerprint density at radius 2 is 1.69 bits per heavy atom. The fraction of sp³-hybridized carbons (Fsp3) is 0.444. The molecule has 8 heteroatoms. The second kappa shape index (κ2) is 9.34. The number of benzene rings is 2. The van der Waals surface area contributed by atoms with E-state index in [0.717, 1.165) is 28.7 Å². The lowest BCUT2D eigenvalue weighted by Crippen LogP contribution is -2.54. The van der Waals surface area contributed by atoms with E-state index in [0.29, 0.717) is 25.9 Å². The van der Waals surface area contributed by atoms with Crippen LogP contribution in [0.4, 0.5) is 4.79 Å². The molecule has 2 aliphatic carbocycles. The Morgan fingerprint density at radius 1 is 1.03 bits per heavy atom. The topological polar surface area (TPSA) is 114 Å². The maximum absolute atomic E-state index is 12.9. The van der Waals surface area contributed by atoms with Gasteiger partial charge in [-0.3, -0.25) is 9.59 Å². The van der Waals surface area contributed by atoms with Gasteiger partial charge in [-0.2, -0.15) is 0 Å². The van der Waals surface area contributed by atoms with Gasteiger partial charge in [-0.1, -0.05) is 55.0 Å². The number of ether oxygens (including phenoxy) is 2. The van der Waals surface area contributed by atoms with Crippen LogP contribution < -0.4 is 10.6 Å². The van der Waals surface area contributed by atoms with Crippen molar-refractivity contribution in [1.82, 2.24) is 10.6 Å². The summed E-state index contributed by atoms with van der Waals surface area (Å²) >= 11 is 0. The number of aliphatic carboxylic acids is 1. The molecule has 184 valence electrons. The number of nitrogens with one attached hydrogen (secondary N) is 2. The van der Waals surface area contributed by atoms with Gasteiger partial charge in [0.05, 0.1) is 11.5 Å². The normalized spacial score (nSPS) is 27.2. The van der Waals surface area contributed by atoms with Crippen molar-refractivity contribution < 1.29 is 29.0 Å². The van der Waals surface area contributed by atoms with Gasteiger partial charge in [0.15, 0.2) is 6.10 Å². The van der Waals surface area contributed by atoms with Crippen LogP contribution in [0.1, 0.15) is 49.7 Å². The fourth-order valence-electron chi connectivity index (χ4n) is 5.69. The summed E-state index contributed by atoms with van der Waals surface area (Å²) in [6.45, 7) is 2.17. The average molecular weight is 479 g/mol. The number of rotatable bonds is 6. The molecule has 2 aromatic carbocycles. The Morgan fingerprint density at radius 3 is 2.34 bits per heavy atom. The third-order valence-corrected chi connectivity index (χ3v) is 7.76. The number of amides is 2. The molecule has 3 aliphatic rings. The van der Waals surface area contributed by atoms with Crippen LogP contribution in [0, 0.1) is 5.41 Å². The number of carboxylic acids is 1. The van der Waals surface area contributed by atoms with Gasteiger partial charge in [0.1, 0.15) is 6.61 Å². The molecule has 2 fully saturated rings. The van der Waals surface area contributed by atoms with Crippen LogP contribution in [-0.4, -0.2) is 54.5 Å². The highest BCUT2D eigenvalue weighted by Gasteiger charge is 2.47. The summed E-state index contributed by atoms with van der Waals surface area (Å²) < 4.78 is 11.2. The highest BCUT2D eigenvalue weighted by molar-refractivity contribution is 5.85. The van der Waals surface area contributed by atoms with E-state index < -0.39 is 41.6 Å². The van der Waals surface area contributed by atoms with Crippen LogP contribution in [0.15, 0.2) is 48.5 Å². The predicted molar refractivity (Wildman–Crippen MR) is 128 cm³/mol. The lowest BCUT2D eigenvalue weighted by Gasteiger charge is -2.29. The molecule has 1 saturated heterocycles. The third-order valence-electron chi connectivity index (χ3n) is 7.76. The van der Waals surface area contributed by atoms with Crippen LogP contribution in [0.25, 0.3) is 11.1 Å². The highest BCUT2D eigenvalue weighted by Crippen LogP contribution is 2.44. The smallest absolute Gasteiger partial charge is 0.407 e. The van der Waals surface area contributed by atoms with Gasteiger partial charge >= 0.3 is 12.1 Å². The van der Waals surface area contributed by atoms with Gasteiger partial charge in [-0.25, -0.2) is 4.79 Å². The number of hydrogen-bond acceptors (Lipinski definition) is 5. The van der Waals surface area contributed by atoms with Crippen molar-refractivity contribution in [3.05, 3.63) is 59.7 Å². The zero-order valence-electron chi connectivity index (χ0n) is 19.7. The first-order valence-electron chi connectivity index (χ1n) is 12.2. The van der Waals surface area contributed by atoms with E-state index in [9.17, 15) is 19.5 Å². The minimum absolute atomic E-state index is 0.0527. The molecule has 1 aliphatic heterocycles. The summed E-state index contributed by atoms with van der Waals surface area (Å²) in [5, 5.41) is 15.3. The van der Waals surface area contributed by atoms with Crippen LogP contribution in [0.2, 0.25) is 0 Å². The van der Waals surface area contributed by atoms with Crippen LogP contribution in [0.3, 0.4) is 0 Å². The van der Waals surface area contributed by atoms with Crippen LogP contribution in [0.5, 0.6) is 0 Å². The maximum Gasteiger partial charge on any atom is 0.407 e. The third kappa shape index (κ3) is 4.27. The van der Waals surface area contributed by atoms with Gasteiger partial charge < -0.3 is 25.2 Å². The lowest BCUT2D eigenvalue weighted by atomic mass is 9.84. The minimum atomic E-state index is -0.996. The van der Waals surface area contributed by atoms with E-state index in [2.05, 4.69) is 34.9 Å². The molecule has 3 N–H and O–H groups in total. The first-order chi connectivity index (χ1) is 16.9. The van der Waals surface area contributed by atoms with E-state index in [1.54, 1.807) is 6.92 Å². The first kappa shape index (κ1) is 23.4. The molecule has 5 rings (SSSR count). The number of carboxylic acid groups (broad SMARTS) is 1. The van der Waals surface area contributed by atoms with Crippen molar-refractivity contribution >= 4 is 18.0 Å². The average Bonchev–Trinajstić information content (AvgIpc) is 3.55. The first-order valence-corrected chi connectivity index (χ1v) is 12.2. The van der Waals surface area contributed by atoms with Crippen molar-refractivity contribution in [2.24, 2.45) is 5.41 Å². The maximum atomic E-state index is 12.9. The lowest BCUT2D eigenvalue weighted by molar-refractivity contribution is -0.149. The standard InChI is InChI=1S/C27H30N2O6/c1-27(25(31)32)13-6-11-22(27)29-24(30)23-21(12-14-34-23)28-26(33)35-15-20-18-9-4-2-7-16(18)17-8-3-5-10-19(17)20/h2-5,7-10,20-23H,6,11-15H2,1H3,(H,28,33)(H,29,30)(H,31,32)/t21-,22?,23+,27?/m0/s1. The molecule has 2 amide bonds. The molecule has 1 saturated carbocycles. The summed E-state index contributed by atoms with van der Waals surface area (Å²) in [6.07, 6.45) is 0.848. The number of carbonyl (C=O) groups excluding carboxylic acids is 2. The molecule has 2 unspecified atom stereocenters. The van der Waals surface area contributed by atoms with Gasteiger partial charge in [0, 0.05) is 18.6 Å². The van der Waals surface area contributed by atoms with Crippen LogP contribution >= 0.6 is 0 Å². The molecule has 2 aromatic rings. The summed E-state index contributed by atoms with van der Waals surface area (Å²) in [5.41, 5.74) is 3.56. The summed E-state index contributed by atoms with van der Waals surface area (Å²) in [7, 11) is 0. The molecule has 0 radical (unpaired) electrons. The second-order valence-corrected chi connectivity index (χ2v) is 9.83. The zero-order chi connectivity index (χ0) is 24.6. The molecule has 35 heavy (non-hydrogen) atoms. The minimum Gasteiger partial charge on any atom is -0.481 e. The molecule has 0 spiro atoms. The molecular weight excluding hydrogens is 448 g/mol. The molecule has 0 aromatic heterocycles. The monoisotopic (exact) mass is 478 g/mol. The zero-order valence-corrected chi connectivity index (χ0v) is 19.7. The number of fused-ring (bicyclic) bond motifs is 3. The van der Waals surface area contributed by atoms with Crippen molar-refractivity contribution in [3.8, 4) is 11.1 Å². The SMILES string of the molecule is CC1(C(=O)O)CCCC1NC(=O)[C@@H]1OCC[C@@H]1NC(=O)OCC1c2ccccc2-c2ccccc21. The van der Waals surface area contributed by atoms with Gasteiger partial charge in [-0.15, -0.1) is 0 Å². The summed E-state index contributed by atoms with van der Waals surface area (Å²) in [5.74, 6) is -1.37. The summed E-state index contributed by atoms with van der Waals surface area (Å²) in [4.78, 5) is 37.3. The fourth-order valence-corrected chi connectivity index (χ4v) is 5.69. The van der Waals surface area contributed by atoms with Crippen molar-refractivity contribution in [2.45, 2.75) is 56.7 Å². The van der Waals surface area contributed by atoms with E-state index in [4.69, 9.17) is 9.47 Å². The van der Waals surface area contributed by atoms with Crippen molar-refractivity contribution in [2.75, 3.05) is 13.2 Å². The largest absolute Gasteiger partial charge is 0.481 e. The Balaban J connectivity index is 1.20. The van der Waals surface area contributed by atoms with E-state index >= 15 is 0 Å². The number of alkyl carbamates (subject to hydrolysis) is 1. The molecular formula is C27H30N2O6. The van der Waals surface area contributed by atoms with E-state index in [1.807, 2.05) is 24.3 Å². The van der Waals surface area contributed by atoms with Crippen molar-refractivity contribution in [1.29, 1.82) is 0 Å². The predicted octanol–water partition coefficient (Wildman–Crippen LogP) is 3.44. The van der Waals surface area contributed by atoms with E-state index in [-0.39, 0.29) is 12.5 Å². The molecule has 1 heterocycles. The van der Waals surface area contributed by atoms with Crippen LogP contribution in [-0.2, 0) is 19.1 Å². The second-order valence-electron chi connectivity index (χ2n) is 9.83. The Hall–Kier alpha value is -3.39.